The van der Waals surface area contributed by atoms with Crippen LogP contribution in [0.15, 0.2) is 12.7 Å². The van der Waals surface area contributed by atoms with E-state index in [0.29, 0.717) is 18.5 Å². The fourth-order valence-corrected chi connectivity index (χ4v) is 3.52. The van der Waals surface area contributed by atoms with Crippen LogP contribution in [0.3, 0.4) is 0 Å². The number of rotatable bonds is 5. The van der Waals surface area contributed by atoms with Gasteiger partial charge in [-0.15, -0.1) is 6.58 Å². The molecule has 4 nitrogen and oxygen atoms in total. The van der Waals surface area contributed by atoms with Crippen molar-refractivity contribution in [2.45, 2.75) is 57.7 Å². The van der Waals surface area contributed by atoms with Crippen molar-refractivity contribution in [3.05, 3.63) is 12.7 Å². The molecule has 0 aromatic carbocycles. The fourth-order valence-electron chi connectivity index (χ4n) is 3.52. The van der Waals surface area contributed by atoms with Crippen LogP contribution in [0, 0.1) is 0 Å². The Labute approximate surface area is 123 Å². The summed E-state index contributed by atoms with van der Waals surface area (Å²) in [4.78, 5) is 17.3. The molecule has 1 amide bonds. The molecule has 2 aliphatic heterocycles. The normalized spacial score (nSPS) is 25.1. The Balaban J connectivity index is 2.04. The average Bonchev–Trinajstić information content (AvgIpc) is 2.94. The predicted molar refractivity (Wildman–Crippen MR) is 82.7 cm³/mol. The van der Waals surface area contributed by atoms with Gasteiger partial charge in [0.05, 0.1) is 6.04 Å². The minimum Gasteiger partial charge on any atom is -0.335 e. The molecular weight excluding hydrogens is 250 g/mol. The molecule has 2 saturated heterocycles. The molecule has 1 N–H and O–H groups in total. The molecule has 2 fully saturated rings. The lowest BCUT2D eigenvalue weighted by Crippen LogP contribution is -2.53. The van der Waals surface area contributed by atoms with Gasteiger partial charge in [-0.05, 0) is 59.2 Å². The Hall–Kier alpha value is -0.870. The summed E-state index contributed by atoms with van der Waals surface area (Å²) in [6.07, 6.45) is 6.35. The molecule has 1 atom stereocenters. The monoisotopic (exact) mass is 279 g/mol. The fraction of sp³-hybridized carbons (Fsp3) is 0.812. The van der Waals surface area contributed by atoms with Crippen molar-refractivity contribution in [2.24, 2.45) is 0 Å². The summed E-state index contributed by atoms with van der Waals surface area (Å²) in [6.45, 7) is 11.9. The number of hydrogen-bond donors (Lipinski definition) is 1. The van der Waals surface area contributed by atoms with E-state index in [1.807, 2.05) is 11.0 Å². The van der Waals surface area contributed by atoms with Crippen LogP contribution in [-0.4, -0.2) is 60.0 Å². The van der Waals surface area contributed by atoms with Crippen LogP contribution in [0.1, 0.15) is 39.5 Å². The van der Waals surface area contributed by atoms with Crippen LogP contribution >= 0.6 is 0 Å². The predicted octanol–water partition coefficient (Wildman–Crippen LogP) is 1.63. The molecule has 0 aliphatic carbocycles. The second kappa shape index (κ2) is 7.23. The van der Waals surface area contributed by atoms with E-state index in [1.54, 1.807) is 0 Å². The molecule has 0 radical (unpaired) electrons. The van der Waals surface area contributed by atoms with Gasteiger partial charge in [-0.2, -0.15) is 0 Å². The maximum Gasteiger partial charge on any atom is 0.240 e. The van der Waals surface area contributed by atoms with Crippen LogP contribution < -0.4 is 5.32 Å². The van der Waals surface area contributed by atoms with Crippen molar-refractivity contribution in [3.63, 3.8) is 0 Å². The summed E-state index contributed by atoms with van der Waals surface area (Å²) >= 11 is 0. The summed E-state index contributed by atoms with van der Waals surface area (Å²) < 4.78 is 0. The zero-order chi connectivity index (χ0) is 14.5. The van der Waals surface area contributed by atoms with Crippen LogP contribution in [0.4, 0.5) is 0 Å². The third kappa shape index (κ3) is 3.41. The zero-order valence-corrected chi connectivity index (χ0v) is 13.0. The molecule has 0 bridgehead atoms. The molecule has 2 rings (SSSR count). The third-order valence-electron chi connectivity index (χ3n) is 4.59. The minimum absolute atomic E-state index is 0.0976. The van der Waals surface area contributed by atoms with Crippen molar-refractivity contribution in [3.8, 4) is 0 Å². The van der Waals surface area contributed by atoms with E-state index < -0.39 is 0 Å². The molecule has 0 aromatic heterocycles. The first kappa shape index (κ1) is 15.5. The molecular formula is C16H29N3O. The minimum atomic E-state index is 0.0976. The maximum absolute atomic E-state index is 12.9. The van der Waals surface area contributed by atoms with E-state index in [0.717, 1.165) is 32.5 Å². The first-order chi connectivity index (χ1) is 9.65. The molecule has 0 saturated carbocycles. The molecule has 114 valence electrons. The highest BCUT2D eigenvalue weighted by atomic mass is 16.2. The van der Waals surface area contributed by atoms with Crippen LogP contribution in [0.25, 0.3) is 0 Å². The molecule has 0 aromatic rings. The topological polar surface area (TPSA) is 35.6 Å². The van der Waals surface area contributed by atoms with Crippen molar-refractivity contribution in [1.29, 1.82) is 0 Å². The Morgan fingerprint density at radius 1 is 1.40 bits per heavy atom. The summed E-state index contributed by atoms with van der Waals surface area (Å²) in [5, 5.41) is 3.41. The highest BCUT2D eigenvalue weighted by molar-refractivity contribution is 5.82. The summed E-state index contributed by atoms with van der Waals surface area (Å²) in [5.74, 6) is 0.302. The number of likely N-dealkylation sites (tertiary alicyclic amines) is 1. The number of hydrogen-bond acceptors (Lipinski definition) is 3. The molecule has 2 heterocycles. The molecule has 1 unspecified atom stereocenters. The Bertz CT molecular complexity index is 337. The molecule has 0 spiro atoms. The number of piperidine rings is 1. The smallest absolute Gasteiger partial charge is 0.240 e. The second-order valence-electron chi connectivity index (χ2n) is 6.25. The zero-order valence-electron chi connectivity index (χ0n) is 13.0. The molecule has 2 aliphatic rings. The molecule has 4 heteroatoms. The number of nitrogens with zero attached hydrogens (tertiary/aromatic N) is 2. The van der Waals surface area contributed by atoms with Crippen molar-refractivity contribution in [2.75, 3.05) is 26.2 Å². The lowest BCUT2D eigenvalue weighted by atomic mass is 10.0. The van der Waals surface area contributed by atoms with Crippen molar-refractivity contribution < 1.29 is 4.79 Å². The van der Waals surface area contributed by atoms with Gasteiger partial charge in [0.15, 0.2) is 0 Å². The summed E-state index contributed by atoms with van der Waals surface area (Å²) in [5.41, 5.74) is 0. The number of nitrogens with one attached hydrogen (secondary N) is 1. The third-order valence-corrected chi connectivity index (χ3v) is 4.59. The van der Waals surface area contributed by atoms with Crippen molar-refractivity contribution in [1.82, 2.24) is 15.1 Å². The Kier molecular flexibility index (Phi) is 5.61. The van der Waals surface area contributed by atoms with E-state index in [4.69, 9.17) is 0 Å². The highest BCUT2D eigenvalue weighted by Crippen LogP contribution is 2.26. The van der Waals surface area contributed by atoms with Crippen LogP contribution in [-0.2, 0) is 4.79 Å². The van der Waals surface area contributed by atoms with E-state index >= 15 is 0 Å². The number of amides is 1. The van der Waals surface area contributed by atoms with Gasteiger partial charge < -0.3 is 10.2 Å². The van der Waals surface area contributed by atoms with Crippen LogP contribution in [0.5, 0.6) is 0 Å². The summed E-state index contributed by atoms with van der Waals surface area (Å²) in [6, 6.07) is 0.932. The van der Waals surface area contributed by atoms with Gasteiger partial charge in [0, 0.05) is 18.6 Å². The van der Waals surface area contributed by atoms with E-state index in [9.17, 15) is 4.79 Å². The highest BCUT2D eigenvalue weighted by Gasteiger charge is 2.37. The Morgan fingerprint density at radius 3 is 2.70 bits per heavy atom. The van der Waals surface area contributed by atoms with Crippen molar-refractivity contribution >= 4 is 5.91 Å². The van der Waals surface area contributed by atoms with Gasteiger partial charge in [0.1, 0.15) is 0 Å². The van der Waals surface area contributed by atoms with Gasteiger partial charge in [-0.3, -0.25) is 9.69 Å². The molecule has 20 heavy (non-hydrogen) atoms. The Morgan fingerprint density at radius 2 is 2.10 bits per heavy atom. The lowest BCUT2D eigenvalue weighted by molar-refractivity contribution is -0.138. The average molecular weight is 279 g/mol. The van der Waals surface area contributed by atoms with E-state index in [-0.39, 0.29) is 12.1 Å². The van der Waals surface area contributed by atoms with E-state index in [2.05, 4.69) is 30.6 Å². The first-order valence-corrected chi connectivity index (χ1v) is 8.03. The first-order valence-electron chi connectivity index (χ1n) is 8.03. The van der Waals surface area contributed by atoms with Gasteiger partial charge in [-0.1, -0.05) is 6.08 Å². The number of carbonyl (C=O) groups is 1. The summed E-state index contributed by atoms with van der Waals surface area (Å²) in [7, 11) is 0. The lowest BCUT2D eigenvalue weighted by Gasteiger charge is -2.38. The van der Waals surface area contributed by atoms with Gasteiger partial charge in [-0.25, -0.2) is 0 Å². The second-order valence-corrected chi connectivity index (χ2v) is 6.25. The van der Waals surface area contributed by atoms with Crippen LogP contribution in [0.2, 0.25) is 0 Å². The SMILES string of the molecule is C=CCN(C(=O)C1CCCN1C1CCNCC1)C(C)C. The van der Waals surface area contributed by atoms with Gasteiger partial charge >= 0.3 is 0 Å². The van der Waals surface area contributed by atoms with Gasteiger partial charge in [0.2, 0.25) is 5.91 Å². The van der Waals surface area contributed by atoms with E-state index in [1.165, 1.54) is 12.8 Å². The van der Waals surface area contributed by atoms with Gasteiger partial charge in [0.25, 0.3) is 0 Å². The maximum atomic E-state index is 12.9. The largest absolute Gasteiger partial charge is 0.335 e. The standard InChI is InChI=1S/C16H29N3O/c1-4-11-18(13(2)3)16(20)15-6-5-12-19(15)14-7-9-17-10-8-14/h4,13-15,17H,1,5-12H2,2-3H3. The number of carbonyl (C=O) groups excluding carboxylic acids is 1. The quantitative estimate of drug-likeness (QED) is 0.777.